The molecule has 0 spiro atoms. The number of anilines is 1. The Hall–Kier alpha value is -2.82. The van der Waals surface area contributed by atoms with Crippen molar-refractivity contribution in [1.82, 2.24) is 9.78 Å². The number of halogens is 4. The van der Waals surface area contributed by atoms with Crippen molar-refractivity contribution in [3.05, 3.63) is 44.7 Å². The van der Waals surface area contributed by atoms with Crippen LogP contribution < -0.4 is 10.1 Å². The molecule has 0 atom stereocenters. The number of hydrogen-bond acceptors (Lipinski definition) is 5. The maximum Gasteiger partial charge on any atom is 0.436 e. The quantitative estimate of drug-likeness (QED) is 0.465. The van der Waals surface area contributed by atoms with Gasteiger partial charge < -0.3 is 10.1 Å². The van der Waals surface area contributed by atoms with E-state index in [2.05, 4.69) is 10.4 Å². The first-order valence-electron chi connectivity index (χ1n) is 9.16. The first-order chi connectivity index (χ1) is 14.1. The molecule has 2 aromatic rings. The molecule has 0 saturated heterocycles. The highest BCUT2D eigenvalue weighted by Gasteiger charge is 2.42. The Bertz CT molecular complexity index is 973. The molecule has 12 heteroatoms. The Balaban J connectivity index is 1.73. The molecule has 1 fully saturated rings. The van der Waals surface area contributed by atoms with Gasteiger partial charge in [0.1, 0.15) is 11.4 Å². The van der Waals surface area contributed by atoms with Gasteiger partial charge in [-0.05, 0) is 31.9 Å². The second kappa shape index (κ2) is 8.50. The highest BCUT2D eigenvalue weighted by atomic mass is 35.5. The summed E-state index contributed by atoms with van der Waals surface area (Å²) in [5.74, 6) is -0.442. The Morgan fingerprint density at radius 3 is 2.70 bits per heavy atom. The van der Waals surface area contributed by atoms with Gasteiger partial charge in [0.2, 0.25) is 5.91 Å². The predicted molar refractivity (Wildman–Crippen MR) is 102 cm³/mol. The number of carbonyl (C=O) groups is 1. The van der Waals surface area contributed by atoms with E-state index >= 15 is 0 Å². The van der Waals surface area contributed by atoms with E-state index in [4.69, 9.17) is 16.3 Å². The van der Waals surface area contributed by atoms with Crippen LogP contribution in [-0.4, -0.2) is 27.2 Å². The van der Waals surface area contributed by atoms with Crippen molar-refractivity contribution in [2.75, 3.05) is 11.9 Å². The summed E-state index contributed by atoms with van der Waals surface area (Å²) < 4.78 is 45.6. The maximum atomic E-state index is 13.1. The van der Waals surface area contributed by atoms with Crippen molar-refractivity contribution in [1.29, 1.82) is 0 Å². The lowest BCUT2D eigenvalue weighted by Crippen LogP contribution is -2.17. The zero-order valence-electron chi connectivity index (χ0n) is 15.8. The third kappa shape index (κ3) is 4.84. The topological polar surface area (TPSA) is 99.3 Å². The summed E-state index contributed by atoms with van der Waals surface area (Å²) in [6.07, 6.45) is -3.53. The van der Waals surface area contributed by atoms with Crippen LogP contribution in [0.15, 0.2) is 18.2 Å². The summed E-state index contributed by atoms with van der Waals surface area (Å²) in [4.78, 5) is 22.9. The third-order valence-electron chi connectivity index (χ3n) is 4.47. The minimum atomic E-state index is -4.70. The number of carbonyl (C=O) groups excluding carboxylic acids is 1. The highest BCUT2D eigenvalue weighted by Crippen LogP contribution is 2.46. The summed E-state index contributed by atoms with van der Waals surface area (Å²) >= 11 is 5.90. The highest BCUT2D eigenvalue weighted by molar-refractivity contribution is 6.32. The van der Waals surface area contributed by atoms with E-state index in [-0.39, 0.29) is 41.7 Å². The fourth-order valence-corrected chi connectivity index (χ4v) is 3.39. The minimum absolute atomic E-state index is 0.0367. The molecule has 1 N–H and O–H groups in total. The van der Waals surface area contributed by atoms with Crippen LogP contribution in [0.4, 0.5) is 24.5 Å². The molecule has 30 heavy (non-hydrogen) atoms. The normalized spacial score (nSPS) is 13.9. The summed E-state index contributed by atoms with van der Waals surface area (Å²) in [5, 5.41) is 16.8. The lowest BCUT2D eigenvalue weighted by molar-refractivity contribution is -0.384. The Kier molecular flexibility index (Phi) is 6.20. The molecule has 1 heterocycles. The first kappa shape index (κ1) is 21.9. The van der Waals surface area contributed by atoms with Crippen molar-refractivity contribution < 1.29 is 27.6 Å². The van der Waals surface area contributed by atoms with Gasteiger partial charge in [-0.15, -0.1) is 0 Å². The molecule has 1 aromatic heterocycles. The number of amides is 1. The minimum Gasteiger partial charge on any atom is -0.494 e. The van der Waals surface area contributed by atoms with Crippen LogP contribution in [0.1, 0.15) is 43.5 Å². The van der Waals surface area contributed by atoms with Gasteiger partial charge in [-0.1, -0.05) is 11.6 Å². The fraction of sp³-hybridized carbons (Fsp3) is 0.444. The number of benzene rings is 1. The van der Waals surface area contributed by atoms with Crippen LogP contribution in [0.2, 0.25) is 5.02 Å². The number of nitrogens with zero attached hydrogens (tertiary/aromatic N) is 3. The number of nitro groups is 1. The standard InChI is InChI=1S/C18H18ClF3N4O4/c1-2-30-11-5-6-12(13(9-11)26(28)29)23-14(27)7-8-25-16(10-3-4-10)15(19)17(24-25)18(20,21)22/h5-6,9-10H,2-4,7-8H2,1H3,(H,23,27). The predicted octanol–water partition coefficient (Wildman–Crippen LogP) is 4.77. The van der Waals surface area contributed by atoms with Crippen LogP contribution >= 0.6 is 11.6 Å². The van der Waals surface area contributed by atoms with E-state index in [0.29, 0.717) is 19.4 Å². The second-order valence-electron chi connectivity index (χ2n) is 6.71. The fourth-order valence-electron chi connectivity index (χ4n) is 3.00. The molecule has 1 aliphatic rings. The van der Waals surface area contributed by atoms with Crippen molar-refractivity contribution >= 4 is 28.9 Å². The molecule has 1 aliphatic carbocycles. The van der Waals surface area contributed by atoms with Gasteiger partial charge in [0.25, 0.3) is 5.69 Å². The molecule has 1 saturated carbocycles. The van der Waals surface area contributed by atoms with E-state index in [0.717, 1.165) is 4.68 Å². The molecule has 0 unspecified atom stereocenters. The molecule has 1 amide bonds. The summed E-state index contributed by atoms with van der Waals surface area (Å²) in [6.45, 7) is 1.90. The maximum absolute atomic E-state index is 13.1. The monoisotopic (exact) mass is 446 g/mol. The molecule has 0 radical (unpaired) electrons. The molecule has 3 rings (SSSR count). The van der Waals surface area contributed by atoms with Crippen LogP contribution in [0, 0.1) is 10.1 Å². The average Bonchev–Trinajstić information content (AvgIpc) is 3.43. The number of nitro benzene ring substituents is 1. The van der Waals surface area contributed by atoms with Crippen LogP contribution in [-0.2, 0) is 17.5 Å². The summed E-state index contributed by atoms with van der Waals surface area (Å²) in [5.41, 5.74) is -1.29. The van der Waals surface area contributed by atoms with Gasteiger partial charge in [-0.2, -0.15) is 18.3 Å². The Morgan fingerprint density at radius 1 is 1.43 bits per heavy atom. The van der Waals surface area contributed by atoms with E-state index in [1.165, 1.54) is 18.2 Å². The molecule has 0 aliphatic heterocycles. The molecule has 1 aromatic carbocycles. The van der Waals surface area contributed by atoms with E-state index in [1.54, 1.807) is 6.92 Å². The van der Waals surface area contributed by atoms with Gasteiger partial charge in [-0.25, -0.2) is 0 Å². The lowest BCUT2D eigenvalue weighted by Gasteiger charge is -2.10. The van der Waals surface area contributed by atoms with Gasteiger partial charge >= 0.3 is 6.18 Å². The van der Waals surface area contributed by atoms with Crippen LogP contribution in [0.25, 0.3) is 0 Å². The van der Waals surface area contributed by atoms with Crippen molar-refractivity contribution in [2.45, 2.75) is 44.8 Å². The van der Waals surface area contributed by atoms with Gasteiger partial charge in [0.15, 0.2) is 5.69 Å². The van der Waals surface area contributed by atoms with Gasteiger partial charge in [0.05, 0.1) is 34.9 Å². The van der Waals surface area contributed by atoms with E-state index < -0.39 is 27.7 Å². The number of nitrogens with one attached hydrogen (secondary N) is 1. The molecular weight excluding hydrogens is 429 g/mol. The SMILES string of the molecule is CCOc1ccc(NC(=O)CCn2nc(C(F)(F)F)c(Cl)c2C2CC2)c([N+](=O)[O-])c1. The Labute approximate surface area is 174 Å². The van der Waals surface area contributed by atoms with Gasteiger partial charge in [0, 0.05) is 12.3 Å². The Morgan fingerprint density at radius 2 is 2.13 bits per heavy atom. The third-order valence-corrected chi connectivity index (χ3v) is 4.84. The van der Waals surface area contributed by atoms with E-state index in [1.807, 2.05) is 0 Å². The molecule has 8 nitrogen and oxygen atoms in total. The number of hydrogen-bond donors (Lipinski definition) is 1. The van der Waals surface area contributed by atoms with Crippen molar-refractivity contribution in [3.8, 4) is 5.75 Å². The number of aryl methyl sites for hydroxylation is 1. The van der Waals surface area contributed by atoms with Crippen LogP contribution in [0.5, 0.6) is 5.75 Å². The number of ether oxygens (including phenoxy) is 1. The average molecular weight is 447 g/mol. The molecule has 162 valence electrons. The molecular formula is C18H18ClF3N4O4. The van der Waals surface area contributed by atoms with Crippen molar-refractivity contribution in [3.63, 3.8) is 0 Å². The number of rotatable bonds is 8. The van der Waals surface area contributed by atoms with Crippen LogP contribution in [0.3, 0.4) is 0 Å². The van der Waals surface area contributed by atoms with E-state index in [9.17, 15) is 28.1 Å². The molecule has 0 bridgehead atoms. The zero-order chi connectivity index (χ0) is 22.1. The van der Waals surface area contributed by atoms with Gasteiger partial charge in [-0.3, -0.25) is 19.6 Å². The van der Waals surface area contributed by atoms with Crippen molar-refractivity contribution in [2.24, 2.45) is 0 Å². The largest absolute Gasteiger partial charge is 0.494 e. The number of alkyl halides is 3. The smallest absolute Gasteiger partial charge is 0.436 e. The zero-order valence-corrected chi connectivity index (χ0v) is 16.6. The summed E-state index contributed by atoms with van der Waals surface area (Å²) in [7, 11) is 0. The second-order valence-corrected chi connectivity index (χ2v) is 7.09. The first-order valence-corrected chi connectivity index (χ1v) is 9.54. The lowest BCUT2D eigenvalue weighted by atomic mass is 10.2. The summed E-state index contributed by atoms with van der Waals surface area (Å²) in [6, 6.07) is 4.00. The number of aromatic nitrogens is 2.